The maximum Gasteiger partial charge on any atom is 0.198 e. The molecule has 0 spiro atoms. The fourth-order valence-electron chi connectivity index (χ4n) is 3.30. The van der Waals surface area contributed by atoms with Crippen molar-refractivity contribution < 1.29 is 9.50 Å². The summed E-state index contributed by atoms with van der Waals surface area (Å²) in [6.07, 6.45) is 5.99. The molecular formula is C23H21FN4O. The van der Waals surface area contributed by atoms with Gasteiger partial charge in [0, 0.05) is 36.2 Å². The molecule has 0 fully saturated rings. The highest BCUT2D eigenvalue weighted by atomic mass is 19.1. The van der Waals surface area contributed by atoms with E-state index in [0.717, 1.165) is 29.9 Å². The van der Waals surface area contributed by atoms with E-state index in [1.54, 1.807) is 24.5 Å². The fraction of sp³-hybridized carbons (Fsp3) is 0.130. The highest BCUT2D eigenvalue weighted by Gasteiger charge is 2.12. The maximum absolute atomic E-state index is 14.1. The van der Waals surface area contributed by atoms with Crippen LogP contribution in [0.3, 0.4) is 0 Å². The van der Waals surface area contributed by atoms with Gasteiger partial charge >= 0.3 is 0 Å². The van der Waals surface area contributed by atoms with Crippen molar-refractivity contribution in [2.45, 2.75) is 13.3 Å². The number of hydrogen-bond donors (Lipinski definition) is 3. The Hall–Kier alpha value is -3.67. The Labute approximate surface area is 168 Å². The number of aromatic nitrogens is 2. The number of anilines is 1. The summed E-state index contributed by atoms with van der Waals surface area (Å²) >= 11 is 0. The number of fused-ring (bicyclic) bond motifs is 1. The molecule has 4 aromatic rings. The van der Waals surface area contributed by atoms with Crippen molar-refractivity contribution >= 4 is 28.5 Å². The first-order valence-corrected chi connectivity index (χ1v) is 9.38. The van der Waals surface area contributed by atoms with Gasteiger partial charge in [0.1, 0.15) is 5.82 Å². The van der Waals surface area contributed by atoms with Gasteiger partial charge in [-0.05, 0) is 66.9 Å². The monoisotopic (exact) mass is 388 g/mol. The van der Waals surface area contributed by atoms with Gasteiger partial charge in [0.15, 0.2) is 5.88 Å². The predicted octanol–water partition coefficient (Wildman–Crippen LogP) is 5.12. The number of rotatable bonds is 6. The van der Waals surface area contributed by atoms with Gasteiger partial charge in [0.25, 0.3) is 0 Å². The number of aliphatic imine (C=N–C) groups is 1. The molecule has 0 saturated carbocycles. The lowest BCUT2D eigenvalue weighted by Crippen LogP contribution is -2.05. The molecule has 0 bridgehead atoms. The number of aryl methyl sites for hydroxylation is 1. The Kier molecular flexibility index (Phi) is 5.24. The first-order valence-electron chi connectivity index (χ1n) is 9.38. The standard InChI is InChI=1S/C23H21FN4O/c1-15-13-17(5-6-20(15)26-12-9-16-7-10-25-11-8-16)27-14-18-22-19(24)3-2-4-21(22)28-23(18)29/h2-8,10-11,13-14,26,28-29H,9,12H2,1H3. The van der Waals surface area contributed by atoms with Crippen molar-refractivity contribution in [1.29, 1.82) is 0 Å². The molecule has 2 aromatic carbocycles. The van der Waals surface area contributed by atoms with Crippen molar-refractivity contribution in [3.63, 3.8) is 0 Å². The quantitative estimate of drug-likeness (QED) is 0.401. The van der Waals surface area contributed by atoms with Gasteiger partial charge in [-0.15, -0.1) is 0 Å². The van der Waals surface area contributed by atoms with Crippen LogP contribution < -0.4 is 5.32 Å². The number of benzene rings is 2. The number of nitrogens with zero attached hydrogens (tertiary/aromatic N) is 2. The average Bonchev–Trinajstić information content (AvgIpc) is 3.05. The van der Waals surface area contributed by atoms with Crippen LogP contribution in [0, 0.1) is 12.7 Å². The molecule has 0 saturated heterocycles. The summed E-state index contributed by atoms with van der Waals surface area (Å²) in [4.78, 5) is 11.2. The summed E-state index contributed by atoms with van der Waals surface area (Å²) < 4.78 is 14.1. The van der Waals surface area contributed by atoms with Gasteiger partial charge in [0.2, 0.25) is 0 Å². The Morgan fingerprint density at radius 1 is 1.17 bits per heavy atom. The minimum atomic E-state index is -0.398. The Morgan fingerprint density at radius 3 is 2.79 bits per heavy atom. The molecule has 5 nitrogen and oxygen atoms in total. The van der Waals surface area contributed by atoms with Crippen molar-refractivity contribution in [1.82, 2.24) is 9.97 Å². The van der Waals surface area contributed by atoms with Crippen molar-refractivity contribution in [2.24, 2.45) is 4.99 Å². The predicted molar refractivity (Wildman–Crippen MR) is 115 cm³/mol. The molecule has 0 aliphatic carbocycles. The maximum atomic E-state index is 14.1. The highest BCUT2D eigenvalue weighted by molar-refractivity contribution is 6.02. The molecule has 6 heteroatoms. The van der Waals surface area contributed by atoms with Crippen LogP contribution in [0.15, 0.2) is 65.9 Å². The second-order valence-corrected chi connectivity index (χ2v) is 6.84. The smallest absolute Gasteiger partial charge is 0.198 e. The van der Waals surface area contributed by atoms with Crippen LogP contribution >= 0.6 is 0 Å². The topological polar surface area (TPSA) is 73.3 Å². The Morgan fingerprint density at radius 2 is 2.00 bits per heavy atom. The summed E-state index contributed by atoms with van der Waals surface area (Å²) in [5.74, 6) is -0.495. The summed E-state index contributed by atoms with van der Waals surface area (Å²) in [7, 11) is 0. The van der Waals surface area contributed by atoms with E-state index in [9.17, 15) is 9.50 Å². The fourth-order valence-corrected chi connectivity index (χ4v) is 3.30. The third kappa shape index (κ3) is 4.11. The lowest BCUT2D eigenvalue weighted by molar-refractivity contribution is 0.457. The minimum Gasteiger partial charge on any atom is -0.494 e. The highest BCUT2D eigenvalue weighted by Crippen LogP contribution is 2.29. The molecular weight excluding hydrogens is 367 g/mol. The molecule has 2 heterocycles. The van der Waals surface area contributed by atoms with Crippen LogP contribution in [-0.4, -0.2) is 27.8 Å². The number of aromatic hydroxyl groups is 1. The van der Waals surface area contributed by atoms with E-state index < -0.39 is 5.82 Å². The molecule has 146 valence electrons. The molecule has 29 heavy (non-hydrogen) atoms. The first-order chi connectivity index (χ1) is 14.1. The Bertz CT molecular complexity index is 1170. The van der Waals surface area contributed by atoms with E-state index in [2.05, 4.69) is 20.3 Å². The van der Waals surface area contributed by atoms with E-state index in [-0.39, 0.29) is 5.88 Å². The molecule has 4 rings (SSSR count). The Balaban J connectivity index is 1.48. The molecule has 0 aliphatic rings. The van der Waals surface area contributed by atoms with Crippen LogP contribution in [-0.2, 0) is 6.42 Å². The van der Waals surface area contributed by atoms with Gasteiger partial charge in [-0.3, -0.25) is 9.98 Å². The minimum absolute atomic E-state index is 0.0972. The molecule has 0 atom stereocenters. The van der Waals surface area contributed by atoms with Gasteiger partial charge < -0.3 is 15.4 Å². The second kappa shape index (κ2) is 8.14. The zero-order chi connectivity index (χ0) is 20.2. The van der Waals surface area contributed by atoms with Crippen LogP contribution in [0.4, 0.5) is 15.8 Å². The van der Waals surface area contributed by atoms with Crippen LogP contribution in [0.2, 0.25) is 0 Å². The summed E-state index contributed by atoms with van der Waals surface area (Å²) in [6.45, 7) is 2.83. The molecule has 0 radical (unpaired) electrons. The number of nitrogens with one attached hydrogen (secondary N) is 2. The van der Waals surface area contributed by atoms with Gasteiger partial charge in [-0.2, -0.15) is 0 Å². The number of halogens is 1. The van der Waals surface area contributed by atoms with Crippen LogP contribution in [0.25, 0.3) is 10.9 Å². The van der Waals surface area contributed by atoms with E-state index in [4.69, 9.17) is 0 Å². The molecule has 0 unspecified atom stereocenters. The van der Waals surface area contributed by atoms with Gasteiger partial charge in [0.05, 0.1) is 16.8 Å². The number of hydrogen-bond acceptors (Lipinski definition) is 4. The van der Waals surface area contributed by atoms with Crippen LogP contribution in [0.5, 0.6) is 5.88 Å². The first kappa shape index (κ1) is 18.7. The van der Waals surface area contributed by atoms with E-state index in [1.807, 2.05) is 37.3 Å². The lowest BCUT2D eigenvalue weighted by Gasteiger charge is -2.10. The molecule has 3 N–H and O–H groups in total. The molecule has 2 aromatic heterocycles. The number of H-pyrrole nitrogens is 1. The van der Waals surface area contributed by atoms with Gasteiger partial charge in [-0.1, -0.05) is 6.07 Å². The molecule has 0 aliphatic heterocycles. The van der Waals surface area contributed by atoms with Crippen molar-refractivity contribution in [3.8, 4) is 5.88 Å². The zero-order valence-corrected chi connectivity index (χ0v) is 16.0. The summed E-state index contributed by atoms with van der Waals surface area (Å²) in [5, 5.41) is 13.9. The third-order valence-corrected chi connectivity index (χ3v) is 4.82. The van der Waals surface area contributed by atoms with E-state index in [0.29, 0.717) is 16.5 Å². The van der Waals surface area contributed by atoms with E-state index >= 15 is 0 Å². The van der Waals surface area contributed by atoms with E-state index in [1.165, 1.54) is 17.8 Å². The SMILES string of the molecule is Cc1cc(N=Cc2c(O)[nH]c3cccc(F)c23)ccc1NCCc1ccncc1. The number of pyridine rings is 1. The third-order valence-electron chi connectivity index (χ3n) is 4.82. The normalized spacial score (nSPS) is 11.4. The van der Waals surface area contributed by atoms with Gasteiger partial charge in [-0.25, -0.2) is 4.39 Å². The number of aromatic amines is 1. The largest absolute Gasteiger partial charge is 0.494 e. The molecule has 0 amide bonds. The second-order valence-electron chi connectivity index (χ2n) is 6.84. The summed E-state index contributed by atoms with van der Waals surface area (Å²) in [6, 6.07) is 14.5. The average molecular weight is 388 g/mol. The van der Waals surface area contributed by atoms with Crippen LogP contribution in [0.1, 0.15) is 16.7 Å². The zero-order valence-electron chi connectivity index (χ0n) is 16.0. The lowest BCUT2D eigenvalue weighted by atomic mass is 10.1. The van der Waals surface area contributed by atoms with Crippen molar-refractivity contribution in [3.05, 3.63) is 83.4 Å². The van der Waals surface area contributed by atoms with Crippen molar-refractivity contribution in [2.75, 3.05) is 11.9 Å². The summed E-state index contributed by atoms with van der Waals surface area (Å²) in [5.41, 5.74) is 4.94.